The molecule has 0 saturated carbocycles. The van der Waals surface area contributed by atoms with Gasteiger partial charge in [0.2, 0.25) is 0 Å². The topological polar surface area (TPSA) is 67.9 Å². The van der Waals surface area contributed by atoms with Gasteiger partial charge in [-0.3, -0.25) is 9.69 Å². The molecule has 0 aliphatic carbocycles. The van der Waals surface area contributed by atoms with Crippen LogP contribution in [0.25, 0.3) is 0 Å². The maximum atomic E-state index is 10.6. The van der Waals surface area contributed by atoms with E-state index in [1.165, 1.54) is 6.92 Å². The predicted octanol–water partition coefficient (Wildman–Crippen LogP) is 0.315. The first-order valence-corrected chi connectivity index (χ1v) is 3.66. The molecule has 0 N–H and O–H groups in total. The Kier molecular flexibility index (Phi) is 5.60. The Morgan fingerprint density at radius 3 is 2.17 bits per heavy atom. The zero-order chi connectivity index (χ0) is 9.40. The molecule has 12 heavy (non-hydrogen) atoms. The fraction of sp³-hybridized carbons (Fsp3) is 0.625. The summed E-state index contributed by atoms with van der Waals surface area (Å²) in [6.07, 6.45) is 0.406. The van der Waals surface area contributed by atoms with E-state index >= 15 is 0 Å². The highest BCUT2D eigenvalue weighted by Crippen LogP contribution is 1.90. The Morgan fingerprint density at radius 1 is 1.33 bits per heavy atom. The summed E-state index contributed by atoms with van der Waals surface area (Å²) in [5, 5.41) is 16.7. The van der Waals surface area contributed by atoms with Gasteiger partial charge in [0.25, 0.3) is 0 Å². The second kappa shape index (κ2) is 6.33. The number of ketones is 1. The van der Waals surface area contributed by atoms with Crippen LogP contribution < -0.4 is 0 Å². The molecular formula is C8H11N3O. The van der Waals surface area contributed by atoms with Crippen molar-refractivity contribution >= 4 is 5.78 Å². The summed E-state index contributed by atoms with van der Waals surface area (Å²) in [5.41, 5.74) is 0. The largest absolute Gasteiger partial charge is 0.300 e. The van der Waals surface area contributed by atoms with Gasteiger partial charge in [0.05, 0.1) is 25.2 Å². The second-order valence-electron chi connectivity index (χ2n) is 2.48. The molecule has 0 amide bonds. The standard InChI is InChI=1S/C8H11N3O/c1-8(12)2-5-11(6-3-9)7-4-10/h2,5-7H2,1H3. The Labute approximate surface area is 72.0 Å². The van der Waals surface area contributed by atoms with Crippen LogP contribution in [0.1, 0.15) is 13.3 Å². The number of rotatable bonds is 5. The average Bonchev–Trinajstić information content (AvgIpc) is 2.01. The van der Waals surface area contributed by atoms with Crippen LogP contribution in [0.2, 0.25) is 0 Å². The van der Waals surface area contributed by atoms with Crippen LogP contribution >= 0.6 is 0 Å². The molecule has 0 saturated heterocycles. The Morgan fingerprint density at radius 2 is 1.83 bits per heavy atom. The molecule has 4 heteroatoms. The van der Waals surface area contributed by atoms with Crippen LogP contribution in [-0.2, 0) is 4.79 Å². The molecule has 0 rings (SSSR count). The van der Waals surface area contributed by atoms with Crippen LogP contribution in [0.3, 0.4) is 0 Å². The van der Waals surface area contributed by atoms with Crippen molar-refractivity contribution in [3.8, 4) is 12.1 Å². The van der Waals surface area contributed by atoms with Gasteiger partial charge in [0, 0.05) is 13.0 Å². The smallest absolute Gasteiger partial charge is 0.131 e. The summed E-state index contributed by atoms with van der Waals surface area (Å²) in [4.78, 5) is 12.2. The normalized spacial score (nSPS) is 9.00. The molecule has 64 valence electrons. The van der Waals surface area contributed by atoms with Crippen molar-refractivity contribution in [2.75, 3.05) is 19.6 Å². The summed E-state index contributed by atoms with van der Waals surface area (Å²) < 4.78 is 0. The van der Waals surface area contributed by atoms with E-state index in [-0.39, 0.29) is 18.9 Å². The third-order valence-electron chi connectivity index (χ3n) is 1.37. The van der Waals surface area contributed by atoms with E-state index in [1.54, 1.807) is 4.90 Å². The van der Waals surface area contributed by atoms with Crippen molar-refractivity contribution in [1.82, 2.24) is 4.90 Å². The summed E-state index contributed by atoms with van der Waals surface area (Å²) >= 11 is 0. The van der Waals surface area contributed by atoms with E-state index in [1.807, 2.05) is 12.1 Å². The summed E-state index contributed by atoms with van der Waals surface area (Å²) in [7, 11) is 0. The highest BCUT2D eigenvalue weighted by Gasteiger charge is 2.03. The number of hydrogen-bond acceptors (Lipinski definition) is 4. The van der Waals surface area contributed by atoms with Crippen molar-refractivity contribution in [2.45, 2.75) is 13.3 Å². The van der Waals surface area contributed by atoms with Crippen molar-refractivity contribution in [2.24, 2.45) is 0 Å². The van der Waals surface area contributed by atoms with Crippen LogP contribution in [0.15, 0.2) is 0 Å². The molecule has 0 aromatic carbocycles. The van der Waals surface area contributed by atoms with Crippen molar-refractivity contribution in [3.05, 3.63) is 0 Å². The average molecular weight is 165 g/mol. The molecule has 0 fully saturated rings. The van der Waals surface area contributed by atoms with Gasteiger partial charge in [0.15, 0.2) is 0 Å². The lowest BCUT2D eigenvalue weighted by atomic mass is 10.3. The lowest BCUT2D eigenvalue weighted by Crippen LogP contribution is -2.26. The van der Waals surface area contributed by atoms with E-state index < -0.39 is 0 Å². The van der Waals surface area contributed by atoms with Gasteiger partial charge in [-0.1, -0.05) is 0 Å². The minimum absolute atomic E-state index is 0.0795. The second-order valence-corrected chi connectivity index (χ2v) is 2.48. The maximum absolute atomic E-state index is 10.6. The molecule has 0 unspecified atom stereocenters. The minimum Gasteiger partial charge on any atom is -0.300 e. The van der Waals surface area contributed by atoms with E-state index in [0.717, 1.165) is 0 Å². The highest BCUT2D eigenvalue weighted by atomic mass is 16.1. The van der Waals surface area contributed by atoms with E-state index in [2.05, 4.69) is 0 Å². The van der Waals surface area contributed by atoms with Gasteiger partial charge in [-0.05, 0) is 6.92 Å². The van der Waals surface area contributed by atoms with Gasteiger partial charge in [-0.25, -0.2) is 0 Å². The number of carbonyl (C=O) groups is 1. The third-order valence-corrected chi connectivity index (χ3v) is 1.37. The fourth-order valence-electron chi connectivity index (χ4n) is 0.730. The van der Waals surface area contributed by atoms with Crippen LogP contribution in [0.4, 0.5) is 0 Å². The molecular weight excluding hydrogens is 154 g/mol. The van der Waals surface area contributed by atoms with Crippen LogP contribution in [0, 0.1) is 22.7 Å². The van der Waals surface area contributed by atoms with Gasteiger partial charge in [-0.2, -0.15) is 10.5 Å². The molecule has 0 aromatic rings. The number of nitrogens with zero attached hydrogens (tertiary/aromatic N) is 3. The van der Waals surface area contributed by atoms with Crippen molar-refractivity contribution in [1.29, 1.82) is 10.5 Å². The number of carbonyl (C=O) groups excluding carboxylic acids is 1. The van der Waals surface area contributed by atoms with E-state index in [9.17, 15) is 4.79 Å². The van der Waals surface area contributed by atoms with Crippen molar-refractivity contribution in [3.63, 3.8) is 0 Å². The van der Waals surface area contributed by atoms with Gasteiger partial charge >= 0.3 is 0 Å². The molecule has 0 heterocycles. The lowest BCUT2D eigenvalue weighted by molar-refractivity contribution is -0.117. The molecule has 0 aromatic heterocycles. The molecule has 0 radical (unpaired) electrons. The molecule has 0 atom stereocenters. The number of hydrogen-bond donors (Lipinski definition) is 0. The van der Waals surface area contributed by atoms with Crippen molar-refractivity contribution < 1.29 is 4.79 Å². The quantitative estimate of drug-likeness (QED) is 0.550. The SMILES string of the molecule is CC(=O)CCN(CC#N)CC#N. The Hall–Kier alpha value is -1.39. The summed E-state index contributed by atoms with van der Waals surface area (Å²) in [6.45, 7) is 2.41. The number of Topliss-reactive ketones (excluding diaryl/α,β-unsaturated/α-hetero) is 1. The van der Waals surface area contributed by atoms with Crippen LogP contribution in [-0.4, -0.2) is 30.3 Å². The molecule has 0 aliphatic heterocycles. The molecule has 4 nitrogen and oxygen atoms in total. The number of nitriles is 2. The maximum Gasteiger partial charge on any atom is 0.131 e. The minimum atomic E-state index is 0.0795. The Balaban J connectivity index is 3.73. The monoisotopic (exact) mass is 165 g/mol. The lowest BCUT2D eigenvalue weighted by Gasteiger charge is -2.12. The first-order chi connectivity index (χ1) is 5.70. The molecule has 0 spiro atoms. The van der Waals surface area contributed by atoms with Gasteiger partial charge in [-0.15, -0.1) is 0 Å². The zero-order valence-corrected chi connectivity index (χ0v) is 7.08. The third kappa shape index (κ3) is 5.40. The first kappa shape index (κ1) is 10.6. The van der Waals surface area contributed by atoms with Gasteiger partial charge < -0.3 is 0 Å². The fourth-order valence-corrected chi connectivity index (χ4v) is 0.730. The first-order valence-electron chi connectivity index (χ1n) is 3.66. The van der Waals surface area contributed by atoms with E-state index in [4.69, 9.17) is 10.5 Å². The zero-order valence-electron chi connectivity index (χ0n) is 7.08. The summed E-state index contributed by atoms with van der Waals surface area (Å²) in [5.74, 6) is 0.0795. The highest BCUT2D eigenvalue weighted by molar-refractivity contribution is 5.75. The summed E-state index contributed by atoms with van der Waals surface area (Å²) in [6, 6.07) is 3.88. The molecule has 0 bridgehead atoms. The molecule has 0 aliphatic rings. The van der Waals surface area contributed by atoms with E-state index in [0.29, 0.717) is 13.0 Å². The van der Waals surface area contributed by atoms with Gasteiger partial charge in [0.1, 0.15) is 5.78 Å². The predicted molar refractivity (Wildman–Crippen MR) is 43.0 cm³/mol. The Bertz CT molecular complexity index is 207. The van der Waals surface area contributed by atoms with Crippen LogP contribution in [0.5, 0.6) is 0 Å².